The lowest BCUT2D eigenvalue weighted by molar-refractivity contribution is 0.355. The van der Waals surface area contributed by atoms with Gasteiger partial charge in [0.05, 0.1) is 23.1 Å². The van der Waals surface area contributed by atoms with Crippen molar-refractivity contribution in [2.75, 3.05) is 14.2 Å². The minimum atomic E-state index is -0.674. The van der Waals surface area contributed by atoms with Crippen molar-refractivity contribution in [2.24, 2.45) is 0 Å². The van der Waals surface area contributed by atoms with E-state index in [1.807, 2.05) is 6.07 Å². The van der Waals surface area contributed by atoms with Crippen molar-refractivity contribution < 1.29 is 13.7 Å². The summed E-state index contributed by atoms with van der Waals surface area (Å²) in [6.45, 7) is 0. The maximum absolute atomic E-state index is 11.9. The first-order valence-electron chi connectivity index (χ1n) is 4.06. The maximum atomic E-state index is 11.9. The number of halogens is 1. The minimum absolute atomic E-state index is 0.650. The molecule has 1 unspecified atom stereocenters. The van der Waals surface area contributed by atoms with Crippen molar-refractivity contribution in [3.8, 4) is 11.5 Å². The monoisotopic (exact) mass is 214 g/mol. The number of methoxy groups -OCH3 is 2. The highest BCUT2D eigenvalue weighted by molar-refractivity contribution is 7.35. The van der Waals surface area contributed by atoms with Gasteiger partial charge < -0.3 is 9.47 Å². The van der Waals surface area contributed by atoms with Crippen molar-refractivity contribution in [3.63, 3.8) is 0 Å². The molecule has 0 saturated heterocycles. The highest BCUT2D eigenvalue weighted by Gasteiger charge is 2.01. The van der Waals surface area contributed by atoms with Crippen molar-refractivity contribution in [3.05, 3.63) is 29.6 Å². The molecule has 0 heterocycles. The van der Waals surface area contributed by atoms with Crippen molar-refractivity contribution in [1.82, 2.24) is 0 Å². The zero-order chi connectivity index (χ0) is 10.4. The third kappa shape index (κ3) is 2.71. The Morgan fingerprint density at radius 1 is 1.21 bits per heavy atom. The van der Waals surface area contributed by atoms with E-state index in [2.05, 4.69) is 0 Å². The summed E-state index contributed by atoms with van der Waals surface area (Å²) in [5.74, 6) is 2.80. The smallest absolute Gasteiger partial charge is 0.161 e. The van der Waals surface area contributed by atoms with Gasteiger partial charge in [-0.2, -0.15) is 0 Å². The highest BCUT2D eigenvalue weighted by Crippen LogP contribution is 2.28. The predicted octanol–water partition coefficient (Wildman–Crippen LogP) is 3.24. The average Bonchev–Trinajstić information content (AvgIpc) is 2.25. The molecule has 0 amide bonds. The van der Waals surface area contributed by atoms with Crippen LogP contribution in [0.5, 0.6) is 11.5 Å². The number of benzene rings is 1. The fourth-order valence-electron chi connectivity index (χ4n) is 1.08. The highest BCUT2D eigenvalue weighted by atomic mass is 31.1. The van der Waals surface area contributed by atoms with Crippen LogP contribution in [0.2, 0.25) is 0 Å². The SMILES string of the molecule is COc1ccc(/C=C/PF)cc1OC. The quantitative estimate of drug-likeness (QED) is 0.716. The van der Waals surface area contributed by atoms with Crippen LogP contribution in [0.3, 0.4) is 0 Å². The third-order valence-corrected chi connectivity index (χ3v) is 2.04. The van der Waals surface area contributed by atoms with E-state index in [9.17, 15) is 4.20 Å². The molecule has 0 bridgehead atoms. The lowest BCUT2D eigenvalue weighted by Crippen LogP contribution is -1.90. The van der Waals surface area contributed by atoms with Gasteiger partial charge in [-0.15, -0.1) is 0 Å². The molecule has 1 rings (SSSR count). The van der Waals surface area contributed by atoms with E-state index < -0.39 is 8.89 Å². The van der Waals surface area contributed by atoms with E-state index in [4.69, 9.17) is 9.47 Å². The second kappa shape index (κ2) is 5.61. The first-order valence-corrected chi connectivity index (χ1v) is 5.02. The van der Waals surface area contributed by atoms with Gasteiger partial charge >= 0.3 is 0 Å². The van der Waals surface area contributed by atoms with E-state index in [1.54, 1.807) is 32.4 Å². The van der Waals surface area contributed by atoms with Crippen LogP contribution in [0, 0.1) is 0 Å². The number of hydrogen-bond acceptors (Lipinski definition) is 2. The van der Waals surface area contributed by atoms with Gasteiger partial charge in [0.2, 0.25) is 0 Å². The van der Waals surface area contributed by atoms with Gasteiger partial charge in [-0.05, 0) is 23.5 Å². The van der Waals surface area contributed by atoms with Gasteiger partial charge in [-0.25, -0.2) is 4.20 Å². The van der Waals surface area contributed by atoms with Crippen molar-refractivity contribution >= 4 is 15.0 Å². The maximum Gasteiger partial charge on any atom is 0.161 e. The molecule has 14 heavy (non-hydrogen) atoms. The minimum Gasteiger partial charge on any atom is -0.493 e. The molecular formula is C10H12FO2P. The van der Waals surface area contributed by atoms with Crippen LogP contribution in [0.1, 0.15) is 5.56 Å². The first-order chi connectivity index (χ1) is 6.81. The Bertz CT molecular complexity index is 326. The van der Waals surface area contributed by atoms with Gasteiger partial charge in [0.25, 0.3) is 0 Å². The number of ether oxygens (including phenoxy) is 2. The van der Waals surface area contributed by atoms with Crippen LogP contribution < -0.4 is 9.47 Å². The molecule has 0 radical (unpaired) electrons. The Balaban J connectivity index is 2.95. The topological polar surface area (TPSA) is 18.5 Å². The second-order valence-electron chi connectivity index (χ2n) is 2.56. The molecule has 1 aromatic carbocycles. The normalized spacial score (nSPS) is 11.4. The zero-order valence-corrected chi connectivity index (χ0v) is 9.08. The molecule has 0 fully saturated rings. The molecule has 2 nitrogen and oxygen atoms in total. The second-order valence-corrected chi connectivity index (χ2v) is 3.11. The van der Waals surface area contributed by atoms with E-state index in [1.165, 1.54) is 5.82 Å². The summed E-state index contributed by atoms with van der Waals surface area (Å²) in [6, 6.07) is 5.44. The summed E-state index contributed by atoms with van der Waals surface area (Å²) in [6.07, 6.45) is 1.71. The molecule has 4 heteroatoms. The molecule has 0 aliphatic carbocycles. The van der Waals surface area contributed by atoms with Gasteiger partial charge in [0.15, 0.2) is 11.5 Å². The Labute approximate surface area is 84.6 Å². The Hall–Kier alpha value is -1.08. The van der Waals surface area contributed by atoms with Gasteiger partial charge in [0, 0.05) is 0 Å². The summed E-state index contributed by atoms with van der Waals surface area (Å²) in [4.78, 5) is 0. The number of rotatable bonds is 4. The zero-order valence-electron chi connectivity index (χ0n) is 8.08. The molecule has 0 spiro atoms. The van der Waals surface area contributed by atoms with Gasteiger partial charge in [-0.1, -0.05) is 12.1 Å². The molecule has 0 aliphatic rings. The summed E-state index contributed by atoms with van der Waals surface area (Å²) in [5.41, 5.74) is 0.896. The summed E-state index contributed by atoms with van der Waals surface area (Å²) >= 11 is 0. The largest absolute Gasteiger partial charge is 0.493 e. The standard InChI is InChI=1S/C10H12FO2P/c1-12-9-4-3-8(5-6-14-11)7-10(9)13-2/h3-7,14H,1-2H3/b6-5+. The van der Waals surface area contributed by atoms with Crippen LogP contribution in [-0.4, -0.2) is 14.2 Å². The lowest BCUT2D eigenvalue weighted by atomic mass is 10.2. The summed E-state index contributed by atoms with van der Waals surface area (Å²) < 4.78 is 22.1. The summed E-state index contributed by atoms with van der Waals surface area (Å²) in [7, 11) is 2.48. The van der Waals surface area contributed by atoms with Crippen molar-refractivity contribution in [1.29, 1.82) is 0 Å². The van der Waals surface area contributed by atoms with Gasteiger partial charge in [-0.3, -0.25) is 0 Å². The Morgan fingerprint density at radius 3 is 2.50 bits per heavy atom. The van der Waals surface area contributed by atoms with Crippen molar-refractivity contribution in [2.45, 2.75) is 0 Å². The average molecular weight is 214 g/mol. The fraction of sp³-hybridized carbons (Fsp3) is 0.200. The third-order valence-electron chi connectivity index (χ3n) is 1.75. The van der Waals surface area contributed by atoms with E-state index >= 15 is 0 Å². The molecule has 0 saturated carbocycles. The Kier molecular flexibility index (Phi) is 4.41. The van der Waals surface area contributed by atoms with Gasteiger partial charge in [0.1, 0.15) is 0 Å². The first kappa shape index (κ1) is 11.0. The van der Waals surface area contributed by atoms with Crippen LogP contribution in [-0.2, 0) is 0 Å². The summed E-state index contributed by atoms with van der Waals surface area (Å²) in [5, 5.41) is 0. The molecular weight excluding hydrogens is 202 g/mol. The predicted molar refractivity (Wildman–Crippen MR) is 58.0 cm³/mol. The van der Waals surface area contributed by atoms with E-state index in [0.717, 1.165) is 5.56 Å². The number of hydrogen-bond donors (Lipinski definition) is 0. The van der Waals surface area contributed by atoms with Crippen LogP contribution in [0.4, 0.5) is 4.20 Å². The van der Waals surface area contributed by atoms with Crippen LogP contribution >= 0.6 is 8.89 Å². The molecule has 0 aromatic heterocycles. The van der Waals surface area contributed by atoms with E-state index in [-0.39, 0.29) is 0 Å². The molecule has 0 aliphatic heterocycles. The fourth-order valence-corrected chi connectivity index (χ4v) is 1.34. The molecule has 76 valence electrons. The van der Waals surface area contributed by atoms with E-state index in [0.29, 0.717) is 11.5 Å². The van der Waals surface area contributed by atoms with Crippen LogP contribution in [0.25, 0.3) is 6.08 Å². The Morgan fingerprint density at radius 2 is 1.93 bits per heavy atom. The lowest BCUT2D eigenvalue weighted by Gasteiger charge is -2.07. The molecule has 1 atom stereocenters. The molecule has 1 aromatic rings. The molecule has 0 N–H and O–H groups in total. The van der Waals surface area contributed by atoms with Crippen LogP contribution in [0.15, 0.2) is 24.0 Å².